The summed E-state index contributed by atoms with van der Waals surface area (Å²) in [5, 5.41) is 0. The van der Waals surface area contributed by atoms with Crippen molar-refractivity contribution in [2.24, 2.45) is 11.5 Å². The fourth-order valence-electron chi connectivity index (χ4n) is 2.55. The minimum Gasteiger partial charge on any atom is -0.491 e. The number of amides is 1. The molecule has 0 saturated carbocycles. The zero-order chi connectivity index (χ0) is 15.3. The summed E-state index contributed by atoms with van der Waals surface area (Å²) in [7, 11) is 0. The normalized spacial score (nSPS) is 17.3. The van der Waals surface area contributed by atoms with Gasteiger partial charge in [0.05, 0.1) is 17.8 Å². The standard InChI is InChI=1S/C16H25N3O2/c1-16(18,15(17)20)9-4-5-10-19-11-6-12-21-14-8-3-2-7-13(14)19/h2-3,7-8H,4-6,9-12,18H2,1H3,(H2,17,20). The first kappa shape index (κ1) is 15.6. The molecule has 1 unspecified atom stereocenters. The Morgan fingerprint density at radius 1 is 1.38 bits per heavy atom. The minimum absolute atomic E-state index is 0.434. The third-order valence-corrected chi connectivity index (χ3v) is 3.97. The Kier molecular flexibility index (Phi) is 5.07. The second-order valence-corrected chi connectivity index (χ2v) is 5.90. The van der Waals surface area contributed by atoms with E-state index in [-0.39, 0.29) is 0 Å². The van der Waals surface area contributed by atoms with E-state index in [1.807, 2.05) is 18.2 Å². The molecule has 1 atom stereocenters. The van der Waals surface area contributed by atoms with Gasteiger partial charge in [0.25, 0.3) is 0 Å². The van der Waals surface area contributed by atoms with E-state index in [0.717, 1.165) is 50.4 Å². The third kappa shape index (κ3) is 4.11. The van der Waals surface area contributed by atoms with Gasteiger partial charge >= 0.3 is 0 Å². The highest BCUT2D eigenvalue weighted by Gasteiger charge is 2.24. The zero-order valence-corrected chi connectivity index (χ0v) is 12.7. The van der Waals surface area contributed by atoms with Crippen LogP contribution in [-0.4, -0.2) is 31.1 Å². The highest BCUT2D eigenvalue weighted by atomic mass is 16.5. The number of rotatable bonds is 6. The van der Waals surface area contributed by atoms with Crippen molar-refractivity contribution in [1.82, 2.24) is 0 Å². The van der Waals surface area contributed by atoms with E-state index in [1.165, 1.54) is 0 Å². The molecule has 0 saturated heterocycles. The molecule has 5 nitrogen and oxygen atoms in total. The van der Waals surface area contributed by atoms with E-state index < -0.39 is 11.4 Å². The lowest BCUT2D eigenvalue weighted by Gasteiger charge is -2.25. The Labute approximate surface area is 126 Å². The predicted octanol–water partition coefficient (Wildman–Crippen LogP) is 1.65. The quantitative estimate of drug-likeness (QED) is 0.781. The van der Waals surface area contributed by atoms with Crippen molar-refractivity contribution < 1.29 is 9.53 Å². The number of hydrogen-bond donors (Lipinski definition) is 2. The Hall–Kier alpha value is -1.75. The number of ether oxygens (including phenoxy) is 1. The van der Waals surface area contributed by atoms with Crippen molar-refractivity contribution in [3.8, 4) is 5.75 Å². The fourth-order valence-corrected chi connectivity index (χ4v) is 2.55. The lowest BCUT2D eigenvalue weighted by atomic mass is 9.95. The fraction of sp³-hybridized carbons (Fsp3) is 0.562. The number of unbranched alkanes of at least 4 members (excludes halogenated alkanes) is 1. The van der Waals surface area contributed by atoms with Gasteiger partial charge in [-0.25, -0.2) is 0 Å². The number of carbonyl (C=O) groups excluding carboxylic acids is 1. The van der Waals surface area contributed by atoms with Gasteiger partial charge in [0.2, 0.25) is 5.91 Å². The van der Waals surface area contributed by atoms with Crippen LogP contribution in [0.1, 0.15) is 32.6 Å². The van der Waals surface area contributed by atoms with Crippen LogP contribution < -0.4 is 21.1 Å². The topological polar surface area (TPSA) is 81.6 Å². The first-order valence-electron chi connectivity index (χ1n) is 7.56. The van der Waals surface area contributed by atoms with Crippen LogP contribution in [-0.2, 0) is 4.79 Å². The average molecular weight is 291 g/mol. The molecule has 0 fully saturated rings. The summed E-state index contributed by atoms with van der Waals surface area (Å²) in [6.45, 7) is 4.39. The van der Waals surface area contributed by atoms with Gasteiger partial charge in [-0.15, -0.1) is 0 Å². The van der Waals surface area contributed by atoms with E-state index in [2.05, 4.69) is 11.0 Å². The Morgan fingerprint density at radius 3 is 2.90 bits per heavy atom. The van der Waals surface area contributed by atoms with Crippen LogP contribution >= 0.6 is 0 Å². The third-order valence-electron chi connectivity index (χ3n) is 3.97. The smallest absolute Gasteiger partial charge is 0.237 e. The monoisotopic (exact) mass is 291 g/mol. The van der Waals surface area contributed by atoms with Crippen molar-refractivity contribution in [2.45, 2.75) is 38.1 Å². The largest absolute Gasteiger partial charge is 0.491 e. The molecule has 5 heteroatoms. The molecule has 0 spiro atoms. The number of hydrogen-bond acceptors (Lipinski definition) is 4. The molecule has 1 aromatic rings. The molecule has 0 aliphatic carbocycles. The van der Waals surface area contributed by atoms with E-state index in [4.69, 9.17) is 16.2 Å². The average Bonchev–Trinajstić information content (AvgIpc) is 2.66. The summed E-state index contributed by atoms with van der Waals surface area (Å²) in [6, 6.07) is 8.13. The molecular weight excluding hydrogens is 266 g/mol. The second kappa shape index (κ2) is 6.80. The van der Waals surface area contributed by atoms with Crippen LogP contribution in [0.25, 0.3) is 0 Å². The molecular formula is C16H25N3O2. The number of nitrogens with zero attached hydrogens (tertiary/aromatic N) is 1. The van der Waals surface area contributed by atoms with Crippen LogP contribution in [0, 0.1) is 0 Å². The number of primary amides is 1. The van der Waals surface area contributed by atoms with Gasteiger partial charge in [-0.05, 0) is 44.7 Å². The Balaban J connectivity index is 1.87. The van der Waals surface area contributed by atoms with E-state index >= 15 is 0 Å². The molecule has 2 rings (SSSR count). The molecule has 1 aliphatic rings. The molecule has 116 valence electrons. The number of fused-ring (bicyclic) bond motifs is 1. The SMILES string of the molecule is CC(N)(CCCCN1CCCOc2ccccc21)C(N)=O. The van der Waals surface area contributed by atoms with Crippen LogP contribution in [0.5, 0.6) is 5.75 Å². The number of anilines is 1. The summed E-state index contributed by atoms with van der Waals surface area (Å²) in [5.74, 6) is 0.520. The maximum atomic E-state index is 11.2. The minimum atomic E-state index is -0.903. The summed E-state index contributed by atoms with van der Waals surface area (Å²) in [4.78, 5) is 13.5. The lowest BCUT2D eigenvalue weighted by molar-refractivity contribution is -0.122. The highest BCUT2D eigenvalue weighted by molar-refractivity contribution is 5.83. The summed E-state index contributed by atoms with van der Waals surface area (Å²) in [6.07, 6.45) is 3.50. The van der Waals surface area contributed by atoms with E-state index in [0.29, 0.717) is 6.42 Å². The molecule has 1 aromatic carbocycles. The molecule has 1 amide bonds. The number of nitrogens with two attached hydrogens (primary N) is 2. The summed E-state index contributed by atoms with van der Waals surface area (Å²) in [5.41, 5.74) is 11.4. The van der Waals surface area contributed by atoms with Crippen LogP contribution in [0.4, 0.5) is 5.69 Å². The van der Waals surface area contributed by atoms with E-state index in [9.17, 15) is 4.79 Å². The van der Waals surface area contributed by atoms with Gasteiger partial charge < -0.3 is 21.1 Å². The van der Waals surface area contributed by atoms with E-state index in [1.54, 1.807) is 6.92 Å². The van der Waals surface area contributed by atoms with Gasteiger partial charge in [0.1, 0.15) is 5.75 Å². The van der Waals surface area contributed by atoms with Gasteiger partial charge in [0, 0.05) is 13.1 Å². The molecule has 21 heavy (non-hydrogen) atoms. The maximum Gasteiger partial charge on any atom is 0.237 e. The van der Waals surface area contributed by atoms with Crippen molar-refractivity contribution in [2.75, 3.05) is 24.6 Å². The van der Waals surface area contributed by atoms with Gasteiger partial charge in [-0.2, -0.15) is 0 Å². The molecule has 0 aromatic heterocycles. The van der Waals surface area contributed by atoms with Gasteiger partial charge in [-0.3, -0.25) is 4.79 Å². The second-order valence-electron chi connectivity index (χ2n) is 5.90. The highest BCUT2D eigenvalue weighted by Crippen LogP contribution is 2.30. The Bertz CT molecular complexity index is 488. The number of carbonyl (C=O) groups is 1. The van der Waals surface area contributed by atoms with Gasteiger partial charge in [-0.1, -0.05) is 12.1 Å². The molecule has 0 bridgehead atoms. The van der Waals surface area contributed by atoms with Crippen LogP contribution in [0.2, 0.25) is 0 Å². The van der Waals surface area contributed by atoms with Crippen molar-refractivity contribution >= 4 is 11.6 Å². The molecule has 1 aliphatic heterocycles. The van der Waals surface area contributed by atoms with Crippen molar-refractivity contribution in [3.63, 3.8) is 0 Å². The molecule has 1 heterocycles. The first-order valence-corrected chi connectivity index (χ1v) is 7.56. The zero-order valence-electron chi connectivity index (χ0n) is 12.7. The maximum absolute atomic E-state index is 11.2. The van der Waals surface area contributed by atoms with Gasteiger partial charge in [0.15, 0.2) is 0 Å². The molecule has 4 N–H and O–H groups in total. The van der Waals surface area contributed by atoms with Crippen LogP contribution in [0.3, 0.4) is 0 Å². The number of para-hydroxylation sites is 2. The summed E-state index contributed by atoms with van der Waals surface area (Å²) < 4.78 is 5.75. The predicted molar refractivity (Wildman–Crippen MR) is 84.4 cm³/mol. The number of benzene rings is 1. The Morgan fingerprint density at radius 2 is 2.14 bits per heavy atom. The summed E-state index contributed by atoms with van der Waals surface area (Å²) >= 11 is 0. The first-order chi connectivity index (χ1) is 10.0. The van der Waals surface area contributed by atoms with Crippen molar-refractivity contribution in [3.05, 3.63) is 24.3 Å². The lowest BCUT2D eigenvalue weighted by Crippen LogP contribution is -2.49. The van der Waals surface area contributed by atoms with Crippen molar-refractivity contribution in [1.29, 1.82) is 0 Å². The van der Waals surface area contributed by atoms with Crippen LogP contribution in [0.15, 0.2) is 24.3 Å². The molecule has 0 radical (unpaired) electrons.